The summed E-state index contributed by atoms with van der Waals surface area (Å²) < 4.78 is 0. The molecular weight excluding hydrogens is 306 g/mol. The zero-order chi connectivity index (χ0) is 15.9. The van der Waals surface area contributed by atoms with E-state index in [9.17, 15) is 0 Å². The van der Waals surface area contributed by atoms with E-state index in [2.05, 4.69) is 27.0 Å². The van der Waals surface area contributed by atoms with Gasteiger partial charge in [-0.2, -0.15) is 0 Å². The van der Waals surface area contributed by atoms with Gasteiger partial charge in [0.15, 0.2) is 0 Å². The van der Waals surface area contributed by atoms with Gasteiger partial charge in [0.25, 0.3) is 0 Å². The Labute approximate surface area is 141 Å². The van der Waals surface area contributed by atoms with Crippen LogP contribution in [0.5, 0.6) is 0 Å². The molecule has 3 rings (SSSR count). The van der Waals surface area contributed by atoms with Crippen LogP contribution < -0.4 is 4.90 Å². The fourth-order valence-corrected chi connectivity index (χ4v) is 2.57. The molecule has 3 nitrogen and oxygen atoms in total. The highest BCUT2D eigenvalue weighted by Crippen LogP contribution is 2.16. The van der Waals surface area contributed by atoms with E-state index < -0.39 is 0 Å². The van der Waals surface area contributed by atoms with Gasteiger partial charge < -0.3 is 4.90 Å². The van der Waals surface area contributed by atoms with Crippen LogP contribution in [0.4, 0.5) is 5.82 Å². The third-order valence-corrected chi connectivity index (χ3v) is 3.93. The summed E-state index contributed by atoms with van der Waals surface area (Å²) in [7, 11) is 0. The number of benzene rings is 1. The Morgan fingerprint density at radius 1 is 0.826 bits per heavy atom. The topological polar surface area (TPSA) is 29.0 Å². The van der Waals surface area contributed by atoms with Crippen molar-refractivity contribution < 1.29 is 0 Å². The van der Waals surface area contributed by atoms with Crippen LogP contribution in [0.1, 0.15) is 11.1 Å². The molecule has 0 bridgehead atoms. The first-order chi connectivity index (χ1) is 11.3. The molecule has 0 aliphatic heterocycles. The highest BCUT2D eigenvalue weighted by Gasteiger charge is 2.08. The molecule has 1 aromatic carbocycles. The van der Waals surface area contributed by atoms with Gasteiger partial charge >= 0.3 is 0 Å². The smallest absolute Gasteiger partial charge is 0.128 e. The summed E-state index contributed by atoms with van der Waals surface area (Å²) >= 11 is 5.95. The molecule has 2 aromatic heterocycles. The van der Waals surface area contributed by atoms with Crippen LogP contribution in [0.25, 0.3) is 0 Å². The number of aromatic nitrogens is 2. The lowest BCUT2D eigenvalue weighted by molar-refractivity contribution is 0.767. The van der Waals surface area contributed by atoms with Gasteiger partial charge in [0, 0.05) is 36.7 Å². The number of anilines is 1. The van der Waals surface area contributed by atoms with Gasteiger partial charge in [-0.05, 0) is 53.9 Å². The van der Waals surface area contributed by atoms with E-state index in [1.54, 1.807) is 0 Å². The molecule has 116 valence electrons. The third-order valence-electron chi connectivity index (χ3n) is 3.68. The molecule has 0 amide bonds. The van der Waals surface area contributed by atoms with Crippen LogP contribution in [0.15, 0.2) is 73.2 Å². The van der Waals surface area contributed by atoms with E-state index in [1.165, 1.54) is 11.1 Å². The average molecular weight is 324 g/mol. The Kier molecular flexibility index (Phi) is 5.22. The van der Waals surface area contributed by atoms with Gasteiger partial charge in [0.2, 0.25) is 0 Å². The SMILES string of the molecule is Clc1ccc(CCN(Cc2ccncc2)c2ccccn2)cc1. The Morgan fingerprint density at radius 3 is 2.30 bits per heavy atom. The second-order valence-electron chi connectivity index (χ2n) is 5.34. The fraction of sp³-hybridized carbons (Fsp3) is 0.158. The number of nitrogens with zero attached hydrogens (tertiary/aromatic N) is 3. The summed E-state index contributed by atoms with van der Waals surface area (Å²) in [5.41, 5.74) is 2.49. The highest BCUT2D eigenvalue weighted by atomic mass is 35.5. The maximum atomic E-state index is 5.95. The molecule has 0 radical (unpaired) electrons. The summed E-state index contributed by atoms with van der Waals surface area (Å²) in [5.74, 6) is 0.985. The molecule has 0 N–H and O–H groups in total. The summed E-state index contributed by atoms with van der Waals surface area (Å²) in [6, 6.07) is 18.1. The van der Waals surface area contributed by atoms with Crippen LogP contribution >= 0.6 is 11.6 Å². The standard InChI is InChI=1S/C19H18ClN3/c20-18-6-4-16(5-7-18)10-14-23(19-3-1-2-11-22-19)15-17-8-12-21-13-9-17/h1-9,11-13H,10,14-15H2. The van der Waals surface area contributed by atoms with E-state index >= 15 is 0 Å². The molecule has 0 saturated carbocycles. The van der Waals surface area contributed by atoms with Crippen molar-refractivity contribution in [3.8, 4) is 0 Å². The molecule has 0 spiro atoms. The second kappa shape index (κ2) is 7.75. The first kappa shape index (κ1) is 15.5. The Morgan fingerprint density at radius 2 is 1.61 bits per heavy atom. The Bertz CT molecular complexity index is 715. The number of pyridine rings is 2. The van der Waals surface area contributed by atoms with Crippen molar-refractivity contribution in [3.05, 3.63) is 89.3 Å². The predicted molar refractivity (Wildman–Crippen MR) is 94.7 cm³/mol. The molecule has 0 unspecified atom stereocenters. The Hall–Kier alpha value is -2.39. The number of rotatable bonds is 6. The summed E-state index contributed by atoms with van der Waals surface area (Å²) in [6.07, 6.45) is 6.42. The normalized spacial score (nSPS) is 10.5. The molecule has 23 heavy (non-hydrogen) atoms. The lowest BCUT2D eigenvalue weighted by Gasteiger charge is -2.24. The first-order valence-electron chi connectivity index (χ1n) is 7.60. The number of hydrogen-bond acceptors (Lipinski definition) is 3. The van der Waals surface area contributed by atoms with Gasteiger partial charge in [-0.15, -0.1) is 0 Å². The zero-order valence-corrected chi connectivity index (χ0v) is 13.5. The van der Waals surface area contributed by atoms with E-state index in [0.717, 1.165) is 30.4 Å². The van der Waals surface area contributed by atoms with E-state index in [4.69, 9.17) is 11.6 Å². The number of halogens is 1. The molecular formula is C19H18ClN3. The maximum absolute atomic E-state index is 5.95. The molecule has 0 saturated heterocycles. The van der Waals surface area contributed by atoms with Crippen molar-refractivity contribution in [3.63, 3.8) is 0 Å². The summed E-state index contributed by atoms with van der Waals surface area (Å²) in [4.78, 5) is 10.9. The van der Waals surface area contributed by atoms with E-state index in [1.807, 2.05) is 61.1 Å². The second-order valence-corrected chi connectivity index (χ2v) is 5.78. The van der Waals surface area contributed by atoms with Crippen LogP contribution in [0.2, 0.25) is 5.02 Å². The summed E-state index contributed by atoms with van der Waals surface area (Å²) in [5, 5.41) is 0.770. The summed E-state index contributed by atoms with van der Waals surface area (Å²) in [6.45, 7) is 1.70. The molecule has 0 aliphatic carbocycles. The van der Waals surface area contributed by atoms with Crippen molar-refractivity contribution in [2.24, 2.45) is 0 Å². The van der Waals surface area contributed by atoms with Crippen LogP contribution in [0, 0.1) is 0 Å². The van der Waals surface area contributed by atoms with Crippen molar-refractivity contribution in [2.75, 3.05) is 11.4 Å². The molecule has 0 aliphatic rings. The minimum atomic E-state index is 0.770. The van der Waals surface area contributed by atoms with Crippen molar-refractivity contribution in [1.29, 1.82) is 0 Å². The zero-order valence-electron chi connectivity index (χ0n) is 12.8. The average Bonchev–Trinajstić information content (AvgIpc) is 2.61. The van der Waals surface area contributed by atoms with E-state index in [0.29, 0.717) is 0 Å². The first-order valence-corrected chi connectivity index (χ1v) is 7.98. The molecule has 0 fully saturated rings. The van der Waals surface area contributed by atoms with Gasteiger partial charge in [0.1, 0.15) is 5.82 Å². The monoisotopic (exact) mass is 323 g/mol. The van der Waals surface area contributed by atoms with Gasteiger partial charge in [-0.3, -0.25) is 4.98 Å². The van der Waals surface area contributed by atoms with Gasteiger partial charge in [-0.25, -0.2) is 4.98 Å². The van der Waals surface area contributed by atoms with Crippen molar-refractivity contribution >= 4 is 17.4 Å². The maximum Gasteiger partial charge on any atom is 0.128 e. The molecule has 3 aromatic rings. The minimum absolute atomic E-state index is 0.770. The van der Waals surface area contributed by atoms with Crippen LogP contribution in [0.3, 0.4) is 0 Å². The fourth-order valence-electron chi connectivity index (χ4n) is 2.44. The number of hydrogen-bond donors (Lipinski definition) is 0. The van der Waals surface area contributed by atoms with Crippen molar-refractivity contribution in [2.45, 2.75) is 13.0 Å². The third kappa shape index (κ3) is 4.54. The van der Waals surface area contributed by atoms with Crippen LogP contribution in [-0.2, 0) is 13.0 Å². The lowest BCUT2D eigenvalue weighted by Crippen LogP contribution is -2.26. The predicted octanol–water partition coefficient (Wildman–Crippen LogP) is 4.38. The van der Waals surface area contributed by atoms with Crippen molar-refractivity contribution in [1.82, 2.24) is 9.97 Å². The van der Waals surface area contributed by atoms with Gasteiger partial charge in [-0.1, -0.05) is 29.8 Å². The van der Waals surface area contributed by atoms with Gasteiger partial charge in [0.05, 0.1) is 0 Å². The Balaban J connectivity index is 1.74. The largest absolute Gasteiger partial charge is 0.352 e. The molecule has 0 atom stereocenters. The lowest BCUT2D eigenvalue weighted by atomic mass is 10.1. The molecule has 4 heteroatoms. The van der Waals surface area contributed by atoms with E-state index in [-0.39, 0.29) is 0 Å². The minimum Gasteiger partial charge on any atom is -0.352 e. The highest BCUT2D eigenvalue weighted by molar-refractivity contribution is 6.30. The quantitative estimate of drug-likeness (QED) is 0.674. The van der Waals surface area contributed by atoms with Crippen LogP contribution in [-0.4, -0.2) is 16.5 Å². The molecule has 2 heterocycles.